The van der Waals surface area contributed by atoms with Gasteiger partial charge in [-0.2, -0.15) is 0 Å². The Bertz CT molecular complexity index is 619. The fourth-order valence-corrected chi connectivity index (χ4v) is 4.41. The molecule has 0 bridgehead atoms. The molecule has 0 amide bonds. The molecule has 19 heavy (non-hydrogen) atoms. The fourth-order valence-electron chi connectivity index (χ4n) is 1.64. The van der Waals surface area contributed by atoms with Gasteiger partial charge in [-0.3, -0.25) is 0 Å². The average Bonchev–Trinajstić information content (AvgIpc) is 2.96. The van der Waals surface area contributed by atoms with Gasteiger partial charge in [0.05, 0.1) is 10.6 Å². The number of rotatable bonds is 6. The van der Waals surface area contributed by atoms with E-state index in [0.29, 0.717) is 17.2 Å². The average molecular weight is 320 g/mol. The molecule has 2 aromatic heterocycles. The maximum atomic E-state index is 12.0. The Hall–Kier alpha value is -0.820. The number of halogens is 1. The first-order chi connectivity index (χ1) is 8.97. The van der Waals surface area contributed by atoms with Gasteiger partial charge in [0, 0.05) is 12.5 Å². The summed E-state index contributed by atoms with van der Waals surface area (Å²) >= 11 is 6.79. The molecule has 0 unspecified atom stereocenters. The first-order valence-corrected chi connectivity index (χ1v) is 8.45. The third-order valence-electron chi connectivity index (χ3n) is 2.57. The predicted molar refractivity (Wildman–Crippen MR) is 76.1 cm³/mol. The van der Waals surface area contributed by atoms with Crippen LogP contribution >= 0.6 is 22.9 Å². The van der Waals surface area contributed by atoms with E-state index in [4.69, 9.17) is 16.0 Å². The lowest BCUT2D eigenvalue weighted by molar-refractivity contribution is 0.480. The Labute approximate surface area is 121 Å². The summed E-state index contributed by atoms with van der Waals surface area (Å²) in [5.74, 6) is 0.852. The van der Waals surface area contributed by atoms with Crippen LogP contribution in [-0.4, -0.2) is 14.5 Å². The van der Waals surface area contributed by atoms with E-state index in [-0.39, 0.29) is 10.3 Å². The molecule has 0 saturated carbocycles. The van der Waals surface area contributed by atoms with Crippen molar-refractivity contribution < 1.29 is 12.8 Å². The van der Waals surface area contributed by atoms with Gasteiger partial charge in [0.1, 0.15) is 9.97 Å². The molecule has 0 aliphatic carbocycles. The minimum atomic E-state index is -3.48. The van der Waals surface area contributed by atoms with Gasteiger partial charge in [-0.15, -0.1) is 11.3 Å². The molecule has 4 nitrogen and oxygen atoms in total. The molecular weight excluding hydrogens is 306 g/mol. The summed E-state index contributed by atoms with van der Waals surface area (Å²) in [6, 6.07) is 6.61. The molecule has 2 aromatic rings. The van der Waals surface area contributed by atoms with Gasteiger partial charge in [0.15, 0.2) is 0 Å². The first-order valence-electron chi connectivity index (χ1n) is 5.77. The van der Waals surface area contributed by atoms with Gasteiger partial charge >= 0.3 is 0 Å². The second-order valence-electron chi connectivity index (χ2n) is 4.20. The van der Waals surface area contributed by atoms with Crippen LogP contribution in [0, 0.1) is 0 Å². The summed E-state index contributed by atoms with van der Waals surface area (Å²) in [5.41, 5.74) is 0. The molecule has 0 spiro atoms. The van der Waals surface area contributed by atoms with Crippen LogP contribution in [0.2, 0.25) is 4.34 Å². The molecule has 0 saturated heterocycles. The van der Waals surface area contributed by atoms with E-state index in [1.165, 1.54) is 6.07 Å². The summed E-state index contributed by atoms with van der Waals surface area (Å²) in [6.07, 6.45) is 2.98. The van der Waals surface area contributed by atoms with Crippen LogP contribution in [0.1, 0.15) is 19.1 Å². The highest BCUT2D eigenvalue weighted by Crippen LogP contribution is 2.25. The molecule has 0 aliphatic rings. The summed E-state index contributed by atoms with van der Waals surface area (Å²) in [4.78, 5) is 0. The second-order valence-corrected chi connectivity index (χ2v) is 7.85. The third kappa shape index (κ3) is 4.07. The normalized spacial score (nSPS) is 13.6. The number of hydrogen-bond acceptors (Lipinski definition) is 4. The Morgan fingerprint density at radius 2 is 2.21 bits per heavy atom. The number of hydrogen-bond donors (Lipinski definition) is 1. The molecule has 7 heteroatoms. The summed E-state index contributed by atoms with van der Waals surface area (Å²) in [7, 11) is -3.48. The quantitative estimate of drug-likeness (QED) is 0.888. The predicted octanol–water partition coefficient (Wildman–Crippen LogP) is 3.29. The maximum Gasteiger partial charge on any atom is 0.250 e. The van der Waals surface area contributed by atoms with E-state index in [1.54, 1.807) is 12.3 Å². The van der Waals surface area contributed by atoms with Gasteiger partial charge in [-0.25, -0.2) is 13.1 Å². The minimum Gasteiger partial charge on any atom is -0.469 e. The SMILES string of the molecule is C[C@H](CCc1ccco1)NS(=O)(=O)c1ccc(Cl)s1. The van der Waals surface area contributed by atoms with Crippen LogP contribution in [-0.2, 0) is 16.4 Å². The van der Waals surface area contributed by atoms with Crippen molar-refractivity contribution in [1.29, 1.82) is 0 Å². The number of sulfonamides is 1. The van der Waals surface area contributed by atoms with E-state index in [9.17, 15) is 8.42 Å². The number of nitrogens with one attached hydrogen (secondary N) is 1. The van der Waals surface area contributed by atoms with Crippen molar-refractivity contribution in [1.82, 2.24) is 4.72 Å². The summed E-state index contributed by atoms with van der Waals surface area (Å²) in [6.45, 7) is 1.83. The monoisotopic (exact) mass is 319 g/mol. The maximum absolute atomic E-state index is 12.0. The lowest BCUT2D eigenvalue weighted by Gasteiger charge is -2.12. The number of furan rings is 1. The Kier molecular flexibility index (Phi) is 4.67. The Morgan fingerprint density at radius 3 is 2.79 bits per heavy atom. The van der Waals surface area contributed by atoms with Crippen LogP contribution in [0.3, 0.4) is 0 Å². The Balaban J connectivity index is 1.92. The highest BCUT2D eigenvalue weighted by molar-refractivity contribution is 7.91. The van der Waals surface area contributed by atoms with Crippen molar-refractivity contribution >= 4 is 33.0 Å². The molecule has 2 heterocycles. The molecule has 0 aliphatic heterocycles. The lowest BCUT2D eigenvalue weighted by atomic mass is 10.2. The van der Waals surface area contributed by atoms with Gasteiger partial charge < -0.3 is 4.42 Å². The van der Waals surface area contributed by atoms with E-state index in [1.807, 2.05) is 19.1 Å². The van der Waals surface area contributed by atoms with Crippen LogP contribution in [0.4, 0.5) is 0 Å². The van der Waals surface area contributed by atoms with Crippen LogP contribution in [0.25, 0.3) is 0 Å². The fraction of sp³-hybridized carbons (Fsp3) is 0.333. The van der Waals surface area contributed by atoms with E-state index in [0.717, 1.165) is 17.1 Å². The standard InChI is InChI=1S/C12H14ClNO3S2/c1-9(4-5-10-3-2-8-17-10)14-19(15,16)12-7-6-11(13)18-12/h2-3,6-9,14H,4-5H2,1H3/t9-/m1/s1. The van der Waals surface area contributed by atoms with E-state index >= 15 is 0 Å². The zero-order chi connectivity index (χ0) is 13.9. The molecule has 0 radical (unpaired) electrons. The summed E-state index contributed by atoms with van der Waals surface area (Å²) in [5, 5.41) is 0. The van der Waals surface area contributed by atoms with Crippen LogP contribution < -0.4 is 4.72 Å². The van der Waals surface area contributed by atoms with Gasteiger partial charge in [-0.1, -0.05) is 11.6 Å². The van der Waals surface area contributed by atoms with Crippen molar-refractivity contribution in [3.8, 4) is 0 Å². The number of aryl methyl sites for hydroxylation is 1. The summed E-state index contributed by atoms with van der Waals surface area (Å²) < 4.78 is 32.6. The largest absolute Gasteiger partial charge is 0.469 e. The van der Waals surface area contributed by atoms with Crippen molar-refractivity contribution in [2.45, 2.75) is 30.0 Å². The molecule has 104 valence electrons. The van der Waals surface area contributed by atoms with Crippen LogP contribution in [0.5, 0.6) is 0 Å². The zero-order valence-corrected chi connectivity index (χ0v) is 12.7. The highest BCUT2D eigenvalue weighted by Gasteiger charge is 2.19. The van der Waals surface area contributed by atoms with Crippen LogP contribution in [0.15, 0.2) is 39.2 Å². The van der Waals surface area contributed by atoms with Crippen molar-refractivity contribution in [3.63, 3.8) is 0 Å². The smallest absolute Gasteiger partial charge is 0.250 e. The van der Waals surface area contributed by atoms with Crippen molar-refractivity contribution in [2.24, 2.45) is 0 Å². The molecule has 1 atom stereocenters. The Morgan fingerprint density at radius 1 is 1.42 bits per heavy atom. The number of thiophene rings is 1. The molecule has 0 aromatic carbocycles. The van der Waals surface area contributed by atoms with Crippen molar-refractivity contribution in [2.75, 3.05) is 0 Å². The molecular formula is C12H14ClNO3S2. The topological polar surface area (TPSA) is 59.3 Å². The third-order valence-corrected chi connectivity index (χ3v) is 5.89. The molecule has 0 fully saturated rings. The zero-order valence-electron chi connectivity index (χ0n) is 10.3. The minimum absolute atomic E-state index is 0.170. The second kappa shape index (κ2) is 6.09. The van der Waals surface area contributed by atoms with Gasteiger partial charge in [0.25, 0.3) is 0 Å². The van der Waals surface area contributed by atoms with Crippen molar-refractivity contribution in [3.05, 3.63) is 40.6 Å². The molecule has 1 N–H and O–H groups in total. The lowest BCUT2D eigenvalue weighted by Crippen LogP contribution is -2.32. The van der Waals surface area contributed by atoms with Gasteiger partial charge in [0.2, 0.25) is 10.0 Å². The van der Waals surface area contributed by atoms with Gasteiger partial charge in [-0.05, 0) is 37.6 Å². The highest BCUT2D eigenvalue weighted by atomic mass is 35.5. The molecule has 2 rings (SSSR count). The van der Waals surface area contributed by atoms with E-state index < -0.39 is 10.0 Å². The van der Waals surface area contributed by atoms with E-state index in [2.05, 4.69) is 4.72 Å². The first kappa shape index (κ1) is 14.6.